The summed E-state index contributed by atoms with van der Waals surface area (Å²) in [5.74, 6) is 0.167. The van der Waals surface area contributed by atoms with Crippen molar-refractivity contribution in [3.05, 3.63) is 0 Å². The number of rotatable bonds is 1. The Kier molecular flexibility index (Phi) is 3.54. The molecule has 1 amide bonds. The van der Waals surface area contributed by atoms with Crippen LogP contribution in [0.1, 0.15) is 19.3 Å². The molecule has 3 heterocycles. The highest BCUT2D eigenvalue weighted by atomic mass is 16.5. The first-order valence-corrected chi connectivity index (χ1v) is 6.98. The fraction of sp³-hybridized carbons (Fsp3) is 0.923. The number of amides is 1. The van der Waals surface area contributed by atoms with Crippen LogP contribution in [0.4, 0.5) is 0 Å². The van der Waals surface area contributed by atoms with E-state index in [0.717, 1.165) is 26.1 Å². The maximum absolute atomic E-state index is 12.4. The molecule has 3 aliphatic rings. The summed E-state index contributed by atoms with van der Waals surface area (Å²) in [5.41, 5.74) is 0.213. The van der Waals surface area contributed by atoms with Crippen LogP contribution in [0.15, 0.2) is 0 Å². The molecule has 0 aromatic heterocycles. The third-order valence-corrected chi connectivity index (χ3v) is 4.37. The van der Waals surface area contributed by atoms with Gasteiger partial charge in [0.05, 0.1) is 19.8 Å². The maximum atomic E-state index is 12.4. The van der Waals surface area contributed by atoms with Gasteiger partial charge in [-0.25, -0.2) is 0 Å². The van der Waals surface area contributed by atoms with Crippen molar-refractivity contribution < 1.29 is 14.3 Å². The van der Waals surface area contributed by atoms with E-state index < -0.39 is 0 Å². The molecule has 0 aromatic carbocycles. The van der Waals surface area contributed by atoms with Gasteiger partial charge < -0.3 is 19.7 Å². The van der Waals surface area contributed by atoms with Gasteiger partial charge >= 0.3 is 0 Å². The Balaban J connectivity index is 1.59. The second-order valence-corrected chi connectivity index (χ2v) is 5.72. The number of piperidine rings is 1. The van der Waals surface area contributed by atoms with E-state index in [4.69, 9.17) is 9.47 Å². The van der Waals surface area contributed by atoms with E-state index in [1.165, 1.54) is 12.8 Å². The van der Waals surface area contributed by atoms with Crippen molar-refractivity contribution in [3.8, 4) is 0 Å². The van der Waals surface area contributed by atoms with Gasteiger partial charge in [0.1, 0.15) is 6.10 Å². The van der Waals surface area contributed by atoms with Crippen molar-refractivity contribution in [1.29, 1.82) is 0 Å². The lowest BCUT2D eigenvalue weighted by Gasteiger charge is -2.33. The molecule has 3 rings (SSSR count). The normalized spacial score (nSPS) is 37.1. The molecule has 102 valence electrons. The Hall–Kier alpha value is -0.650. The van der Waals surface area contributed by atoms with Crippen LogP contribution in [0.25, 0.3) is 0 Å². The monoisotopic (exact) mass is 254 g/mol. The average Bonchev–Trinajstić information content (AvgIpc) is 2.83. The molecule has 2 atom stereocenters. The summed E-state index contributed by atoms with van der Waals surface area (Å²) in [7, 11) is 0. The lowest BCUT2D eigenvalue weighted by Crippen LogP contribution is -2.46. The second kappa shape index (κ2) is 5.15. The van der Waals surface area contributed by atoms with Crippen molar-refractivity contribution >= 4 is 5.91 Å². The van der Waals surface area contributed by atoms with Crippen LogP contribution >= 0.6 is 0 Å². The Bertz CT molecular complexity index is 309. The van der Waals surface area contributed by atoms with Gasteiger partial charge in [-0.05, 0) is 25.8 Å². The zero-order valence-corrected chi connectivity index (χ0v) is 10.8. The molecule has 0 bridgehead atoms. The molecule has 1 spiro atoms. The van der Waals surface area contributed by atoms with Gasteiger partial charge in [-0.15, -0.1) is 0 Å². The zero-order valence-electron chi connectivity index (χ0n) is 10.8. The summed E-state index contributed by atoms with van der Waals surface area (Å²) in [4.78, 5) is 14.2. The number of nitrogens with one attached hydrogen (secondary N) is 1. The Labute approximate surface area is 108 Å². The highest BCUT2D eigenvalue weighted by Gasteiger charge is 2.44. The molecule has 5 heteroatoms. The van der Waals surface area contributed by atoms with E-state index in [-0.39, 0.29) is 17.4 Å². The molecular formula is C13H22N2O3. The minimum absolute atomic E-state index is 0.167. The molecule has 3 saturated heterocycles. The number of morpholine rings is 1. The molecule has 0 aromatic rings. The number of hydrogen-bond donors (Lipinski definition) is 1. The number of ether oxygens (including phenoxy) is 2. The van der Waals surface area contributed by atoms with Crippen LogP contribution in [-0.4, -0.2) is 62.9 Å². The number of carbonyl (C=O) groups is 1. The molecule has 5 nitrogen and oxygen atoms in total. The Morgan fingerprint density at radius 1 is 1.33 bits per heavy atom. The zero-order chi connectivity index (χ0) is 12.4. The van der Waals surface area contributed by atoms with Crippen LogP contribution in [0, 0.1) is 5.41 Å². The van der Waals surface area contributed by atoms with E-state index in [9.17, 15) is 4.79 Å². The quantitative estimate of drug-likeness (QED) is 0.716. The molecule has 0 unspecified atom stereocenters. The SMILES string of the molecule is O=C([C@@H]1C[C@]2(CCCNC2)CO1)N1CCOCC1. The largest absolute Gasteiger partial charge is 0.378 e. The van der Waals surface area contributed by atoms with Crippen molar-refractivity contribution in [2.75, 3.05) is 46.0 Å². The third-order valence-electron chi connectivity index (χ3n) is 4.37. The molecule has 0 radical (unpaired) electrons. The molecule has 3 fully saturated rings. The average molecular weight is 254 g/mol. The van der Waals surface area contributed by atoms with Crippen LogP contribution in [0.2, 0.25) is 0 Å². The van der Waals surface area contributed by atoms with E-state index >= 15 is 0 Å². The van der Waals surface area contributed by atoms with Crippen molar-refractivity contribution in [2.45, 2.75) is 25.4 Å². The predicted molar refractivity (Wildman–Crippen MR) is 66.3 cm³/mol. The summed E-state index contributed by atoms with van der Waals surface area (Å²) in [6, 6.07) is 0. The highest BCUT2D eigenvalue weighted by Crippen LogP contribution is 2.38. The topological polar surface area (TPSA) is 50.8 Å². The fourth-order valence-corrected chi connectivity index (χ4v) is 3.26. The summed E-state index contributed by atoms with van der Waals surface area (Å²) in [6.07, 6.45) is 3.05. The minimum atomic E-state index is -0.219. The lowest BCUT2D eigenvalue weighted by molar-refractivity contribution is -0.144. The van der Waals surface area contributed by atoms with Crippen molar-refractivity contribution in [2.24, 2.45) is 5.41 Å². The first-order chi connectivity index (χ1) is 8.79. The van der Waals surface area contributed by atoms with Crippen LogP contribution in [0.3, 0.4) is 0 Å². The number of hydrogen-bond acceptors (Lipinski definition) is 4. The lowest BCUT2D eigenvalue weighted by atomic mass is 9.79. The highest BCUT2D eigenvalue weighted by molar-refractivity contribution is 5.81. The van der Waals surface area contributed by atoms with Gasteiger partial charge in [-0.1, -0.05) is 0 Å². The summed E-state index contributed by atoms with van der Waals surface area (Å²) >= 11 is 0. The predicted octanol–water partition coefficient (Wildman–Crippen LogP) is 0.00390. The van der Waals surface area contributed by atoms with Gasteiger partial charge in [-0.3, -0.25) is 4.79 Å². The van der Waals surface area contributed by atoms with Crippen LogP contribution in [-0.2, 0) is 14.3 Å². The molecule has 18 heavy (non-hydrogen) atoms. The molecule has 0 saturated carbocycles. The van der Waals surface area contributed by atoms with Gasteiger partial charge in [0.15, 0.2) is 0 Å². The minimum Gasteiger partial charge on any atom is -0.378 e. The third kappa shape index (κ3) is 2.39. The second-order valence-electron chi connectivity index (χ2n) is 5.72. The Morgan fingerprint density at radius 2 is 2.17 bits per heavy atom. The van der Waals surface area contributed by atoms with Gasteiger partial charge in [0, 0.05) is 25.0 Å². The van der Waals surface area contributed by atoms with Crippen molar-refractivity contribution in [1.82, 2.24) is 10.2 Å². The van der Waals surface area contributed by atoms with Crippen LogP contribution < -0.4 is 5.32 Å². The summed E-state index contributed by atoms with van der Waals surface area (Å²) < 4.78 is 11.1. The summed E-state index contributed by atoms with van der Waals surface area (Å²) in [6.45, 7) is 5.58. The van der Waals surface area contributed by atoms with E-state index in [1.54, 1.807) is 0 Å². The molecular weight excluding hydrogens is 232 g/mol. The molecule has 1 N–H and O–H groups in total. The van der Waals surface area contributed by atoms with Crippen molar-refractivity contribution in [3.63, 3.8) is 0 Å². The Morgan fingerprint density at radius 3 is 2.89 bits per heavy atom. The number of nitrogens with zero attached hydrogens (tertiary/aromatic N) is 1. The molecule has 3 aliphatic heterocycles. The van der Waals surface area contributed by atoms with Crippen LogP contribution in [0.5, 0.6) is 0 Å². The van der Waals surface area contributed by atoms with E-state index in [2.05, 4.69) is 5.32 Å². The maximum Gasteiger partial charge on any atom is 0.251 e. The van der Waals surface area contributed by atoms with Gasteiger partial charge in [0.25, 0.3) is 5.91 Å². The van der Waals surface area contributed by atoms with E-state index in [1.807, 2.05) is 4.90 Å². The van der Waals surface area contributed by atoms with E-state index in [0.29, 0.717) is 26.3 Å². The standard InChI is InChI=1S/C13H22N2O3/c16-12(15-4-6-17-7-5-15)11-8-13(10-18-11)2-1-3-14-9-13/h11,14H,1-10H2/t11-,13-/m0/s1. The molecule has 0 aliphatic carbocycles. The van der Waals surface area contributed by atoms with Gasteiger partial charge in [-0.2, -0.15) is 0 Å². The first-order valence-electron chi connectivity index (χ1n) is 6.98. The fourth-order valence-electron chi connectivity index (χ4n) is 3.26. The first kappa shape index (κ1) is 12.4. The smallest absolute Gasteiger partial charge is 0.251 e. The van der Waals surface area contributed by atoms with Gasteiger partial charge in [0.2, 0.25) is 0 Å². The summed E-state index contributed by atoms with van der Waals surface area (Å²) in [5, 5.41) is 3.43. The number of carbonyl (C=O) groups excluding carboxylic acids is 1.